The predicted octanol–water partition coefficient (Wildman–Crippen LogP) is 2.87. The summed E-state index contributed by atoms with van der Waals surface area (Å²) in [6.45, 7) is 0. The van der Waals surface area contributed by atoms with Gasteiger partial charge in [-0.3, -0.25) is 0 Å². The van der Waals surface area contributed by atoms with Crippen LogP contribution < -0.4 is 5.32 Å². The number of hydrogen-bond donors (Lipinski definition) is 1. The Morgan fingerprint density at radius 1 is 1.46 bits per heavy atom. The third-order valence-electron chi connectivity index (χ3n) is 2.29. The average Bonchev–Trinajstić information content (AvgIpc) is 2.88. The lowest BCUT2D eigenvalue weighted by Crippen LogP contribution is -1.99. The molecule has 1 aliphatic rings. The first kappa shape index (κ1) is 7.33. The van der Waals surface area contributed by atoms with Gasteiger partial charge in [0.05, 0.1) is 5.69 Å². The van der Waals surface area contributed by atoms with Crippen molar-refractivity contribution in [3.8, 4) is 0 Å². The maximum atomic E-state index is 4.31. The Kier molecular flexibility index (Phi) is 1.52. The third-order valence-corrected chi connectivity index (χ3v) is 3.19. The van der Waals surface area contributed by atoms with Crippen molar-refractivity contribution >= 4 is 27.2 Å². The quantitative estimate of drug-likeness (QED) is 0.787. The highest BCUT2D eigenvalue weighted by Crippen LogP contribution is 2.32. The molecule has 0 aliphatic heterocycles. The van der Waals surface area contributed by atoms with E-state index in [0.29, 0.717) is 0 Å². The summed E-state index contributed by atoms with van der Waals surface area (Å²) in [6, 6.07) is 4.84. The van der Waals surface area contributed by atoms with Gasteiger partial charge in [0.2, 0.25) is 0 Å². The van der Waals surface area contributed by atoms with E-state index in [0.717, 1.165) is 10.9 Å². The molecule has 3 heteroatoms. The normalized spacial score (nSPS) is 16.3. The molecule has 0 aromatic carbocycles. The molecule has 1 saturated carbocycles. The van der Waals surface area contributed by atoms with Crippen molar-refractivity contribution in [2.24, 2.45) is 0 Å². The van der Waals surface area contributed by atoms with Crippen LogP contribution in [-0.2, 0) is 0 Å². The first-order chi connectivity index (χ1) is 6.43. The number of nitrogens with one attached hydrogen (secondary N) is 1. The zero-order valence-electron chi connectivity index (χ0n) is 7.16. The number of thiophene rings is 1. The Bertz CT molecular complexity index is 431. The smallest absolute Gasteiger partial charge is 0.125 e. The predicted molar refractivity (Wildman–Crippen MR) is 56.3 cm³/mol. The second kappa shape index (κ2) is 2.70. The van der Waals surface area contributed by atoms with Gasteiger partial charge in [0.1, 0.15) is 4.83 Å². The average molecular weight is 190 g/mol. The molecule has 0 radical (unpaired) electrons. The molecule has 0 bridgehead atoms. The maximum Gasteiger partial charge on any atom is 0.125 e. The number of rotatable bonds is 2. The van der Waals surface area contributed by atoms with Crippen LogP contribution in [0.4, 0.5) is 5.69 Å². The first-order valence-corrected chi connectivity index (χ1v) is 5.40. The second-order valence-corrected chi connectivity index (χ2v) is 4.28. The van der Waals surface area contributed by atoms with Crippen LogP contribution in [0.5, 0.6) is 0 Å². The standard InChI is InChI=1S/C10H10N2S/c1-2-8-9(12-7-3-4-7)6-13-10(8)11-5-1/h1-2,5-7,12H,3-4H2. The van der Waals surface area contributed by atoms with Gasteiger partial charge in [-0.2, -0.15) is 0 Å². The fourth-order valence-electron chi connectivity index (χ4n) is 1.43. The minimum Gasteiger partial charge on any atom is -0.381 e. The van der Waals surface area contributed by atoms with Gasteiger partial charge in [0.15, 0.2) is 0 Å². The molecule has 2 nitrogen and oxygen atoms in total. The van der Waals surface area contributed by atoms with Crippen LogP contribution >= 0.6 is 11.3 Å². The molecular weight excluding hydrogens is 180 g/mol. The van der Waals surface area contributed by atoms with E-state index in [2.05, 4.69) is 21.7 Å². The topological polar surface area (TPSA) is 24.9 Å². The largest absolute Gasteiger partial charge is 0.381 e. The van der Waals surface area contributed by atoms with Gasteiger partial charge in [-0.25, -0.2) is 4.98 Å². The van der Waals surface area contributed by atoms with Crippen molar-refractivity contribution in [3.63, 3.8) is 0 Å². The zero-order chi connectivity index (χ0) is 8.67. The minimum atomic E-state index is 0.720. The maximum absolute atomic E-state index is 4.31. The molecule has 13 heavy (non-hydrogen) atoms. The number of anilines is 1. The third kappa shape index (κ3) is 1.29. The molecule has 1 aliphatic carbocycles. The van der Waals surface area contributed by atoms with Gasteiger partial charge >= 0.3 is 0 Å². The van der Waals surface area contributed by atoms with E-state index in [1.165, 1.54) is 23.9 Å². The first-order valence-electron chi connectivity index (χ1n) is 4.52. The summed E-state index contributed by atoms with van der Waals surface area (Å²) in [5, 5.41) is 6.94. The SMILES string of the molecule is c1cnc2scc(NC3CC3)c2c1. The second-order valence-electron chi connectivity index (χ2n) is 3.42. The molecule has 0 unspecified atom stereocenters. The van der Waals surface area contributed by atoms with Crippen LogP contribution in [0.2, 0.25) is 0 Å². The lowest BCUT2D eigenvalue weighted by Gasteiger charge is -2.00. The fraction of sp³-hybridized carbons (Fsp3) is 0.300. The van der Waals surface area contributed by atoms with Gasteiger partial charge in [-0.05, 0) is 25.0 Å². The molecule has 0 amide bonds. The molecule has 2 heterocycles. The van der Waals surface area contributed by atoms with Crippen LogP contribution in [0.25, 0.3) is 10.2 Å². The highest BCUT2D eigenvalue weighted by Gasteiger charge is 2.21. The highest BCUT2D eigenvalue weighted by molar-refractivity contribution is 7.17. The minimum absolute atomic E-state index is 0.720. The Morgan fingerprint density at radius 2 is 2.38 bits per heavy atom. The van der Waals surface area contributed by atoms with E-state index in [-0.39, 0.29) is 0 Å². The van der Waals surface area contributed by atoms with Gasteiger partial charge in [-0.1, -0.05) is 0 Å². The number of nitrogens with zero attached hydrogens (tertiary/aromatic N) is 1. The number of hydrogen-bond acceptors (Lipinski definition) is 3. The highest BCUT2D eigenvalue weighted by atomic mass is 32.1. The summed E-state index contributed by atoms with van der Waals surface area (Å²) in [6.07, 6.45) is 4.48. The van der Waals surface area contributed by atoms with Crippen molar-refractivity contribution in [3.05, 3.63) is 23.7 Å². The van der Waals surface area contributed by atoms with Crippen LogP contribution in [0.1, 0.15) is 12.8 Å². The van der Waals surface area contributed by atoms with Gasteiger partial charge in [0.25, 0.3) is 0 Å². The van der Waals surface area contributed by atoms with Crippen molar-refractivity contribution in [1.29, 1.82) is 0 Å². The summed E-state index contributed by atoms with van der Waals surface area (Å²) >= 11 is 1.71. The molecule has 0 spiro atoms. The molecule has 2 aromatic rings. The molecule has 3 rings (SSSR count). The van der Waals surface area contributed by atoms with Crippen LogP contribution in [0.3, 0.4) is 0 Å². The molecule has 1 N–H and O–H groups in total. The lowest BCUT2D eigenvalue weighted by atomic mass is 10.3. The van der Waals surface area contributed by atoms with Gasteiger partial charge < -0.3 is 5.32 Å². The molecule has 1 fully saturated rings. The molecule has 0 saturated heterocycles. The summed E-state index contributed by atoms with van der Waals surface area (Å²) in [5.41, 5.74) is 1.26. The van der Waals surface area contributed by atoms with E-state index in [1.54, 1.807) is 11.3 Å². The summed E-state index contributed by atoms with van der Waals surface area (Å²) < 4.78 is 0. The zero-order valence-corrected chi connectivity index (χ0v) is 7.97. The number of pyridine rings is 1. The monoisotopic (exact) mass is 190 g/mol. The summed E-state index contributed by atoms with van der Waals surface area (Å²) in [4.78, 5) is 5.44. The van der Waals surface area contributed by atoms with Gasteiger partial charge in [-0.15, -0.1) is 11.3 Å². The molecule has 0 atom stereocenters. The van der Waals surface area contributed by atoms with E-state index < -0.39 is 0 Å². The lowest BCUT2D eigenvalue weighted by molar-refractivity contribution is 1.16. The van der Waals surface area contributed by atoms with Crippen molar-refractivity contribution in [2.45, 2.75) is 18.9 Å². The Hall–Kier alpha value is -1.09. The van der Waals surface area contributed by atoms with E-state index in [9.17, 15) is 0 Å². The van der Waals surface area contributed by atoms with E-state index >= 15 is 0 Å². The summed E-state index contributed by atoms with van der Waals surface area (Å²) in [7, 11) is 0. The van der Waals surface area contributed by atoms with Crippen LogP contribution in [0, 0.1) is 0 Å². The fourth-order valence-corrected chi connectivity index (χ4v) is 2.28. The van der Waals surface area contributed by atoms with Crippen molar-refractivity contribution < 1.29 is 0 Å². The molecule has 2 aromatic heterocycles. The Morgan fingerprint density at radius 3 is 3.23 bits per heavy atom. The van der Waals surface area contributed by atoms with E-state index in [1.807, 2.05) is 12.3 Å². The number of fused-ring (bicyclic) bond motifs is 1. The van der Waals surface area contributed by atoms with Gasteiger partial charge in [0, 0.05) is 23.0 Å². The van der Waals surface area contributed by atoms with E-state index in [4.69, 9.17) is 0 Å². The van der Waals surface area contributed by atoms with Crippen LogP contribution in [-0.4, -0.2) is 11.0 Å². The Labute approximate surface area is 80.6 Å². The van der Waals surface area contributed by atoms with Crippen molar-refractivity contribution in [1.82, 2.24) is 4.98 Å². The van der Waals surface area contributed by atoms with Crippen molar-refractivity contribution in [2.75, 3.05) is 5.32 Å². The summed E-state index contributed by atoms with van der Waals surface area (Å²) in [5.74, 6) is 0. The number of aromatic nitrogens is 1. The molecule has 66 valence electrons. The Balaban J connectivity index is 2.06. The van der Waals surface area contributed by atoms with Crippen LogP contribution in [0.15, 0.2) is 23.7 Å². The molecular formula is C10H10N2S.